The fraction of sp³-hybridized carbons (Fsp3) is 0.571. The maximum atomic E-state index is 4.28. The lowest BCUT2D eigenvalue weighted by Gasteiger charge is -2.20. The molecule has 0 amide bonds. The SMILES string of the molecule is CCCNC(Cc1nnn(C)n1)c1ccncc1CC. The Morgan fingerprint density at radius 2 is 2.20 bits per heavy atom. The first kappa shape index (κ1) is 14.6. The Balaban J connectivity index is 2.22. The van der Waals surface area contributed by atoms with Gasteiger partial charge < -0.3 is 5.32 Å². The molecule has 2 heterocycles. The molecule has 0 saturated heterocycles. The largest absolute Gasteiger partial charge is 0.310 e. The van der Waals surface area contributed by atoms with Crippen LogP contribution in [0.1, 0.15) is 43.3 Å². The molecule has 108 valence electrons. The number of hydrogen-bond donors (Lipinski definition) is 1. The number of aromatic nitrogens is 5. The summed E-state index contributed by atoms with van der Waals surface area (Å²) in [6.07, 6.45) is 6.60. The number of nitrogens with zero attached hydrogens (tertiary/aromatic N) is 5. The van der Waals surface area contributed by atoms with Gasteiger partial charge in [-0.2, -0.15) is 4.80 Å². The monoisotopic (exact) mass is 274 g/mol. The van der Waals surface area contributed by atoms with Crippen LogP contribution in [0.15, 0.2) is 18.5 Å². The molecule has 1 atom stereocenters. The standard InChI is InChI=1S/C14H22N6/c1-4-7-16-13(9-14-17-19-20(3)18-14)12-6-8-15-10-11(12)5-2/h6,8,10,13,16H,4-5,7,9H2,1-3H3. The number of rotatable bonds is 7. The molecule has 1 N–H and O–H groups in total. The van der Waals surface area contributed by atoms with Crippen molar-refractivity contribution in [1.82, 2.24) is 30.5 Å². The molecule has 2 rings (SSSR count). The van der Waals surface area contributed by atoms with Crippen LogP contribution in [-0.4, -0.2) is 31.7 Å². The average Bonchev–Trinajstić information content (AvgIpc) is 2.88. The molecule has 0 aliphatic heterocycles. The van der Waals surface area contributed by atoms with Gasteiger partial charge in [-0.15, -0.1) is 10.2 Å². The van der Waals surface area contributed by atoms with E-state index in [-0.39, 0.29) is 6.04 Å². The van der Waals surface area contributed by atoms with Crippen LogP contribution in [0.25, 0.3) is 0 Å². The molecular weight excluding hydrogens is 252 g/mol. The zero-order valence-electron chi connectivity index (χ0n) is 12.4. The van der Waals surface area contributed by atoms with Gasteiger partial charge in [0.1, 0.15) is 0 Å². The van der Waals surface area contributed by atoms with E-state index >= 15 is 0 Å². The van der Waals surface area contributed by atoms with Crippen molar-refractivity contribution in [3.05, 3.63) is 35.4 Å². The summed E-state index contributed by atoms with van der Waals surface area (Å²) in [5.74, 6) is 0.764. The fourth-order valence-corrected chi connectivity index (χ4v) is 2.27. The van der Waals surface area contributed by atoms with E-state index < -0.39 is 0 Å². The third-order valence-corrected chi connectivity index (χ3v) is 3.27. The molecule has 0 saturated carbocycles. The van der Waals surface area contributed by atoms with E-state index in [0.29, 0.717) is 0 Å². The lowest BCUT2D eigenvalue weighted by atomic mass is 9.98. The molecule has 20 heavy (non-hydrogen) atoms. The molecule has 6 nitrogen and oxygen atoms in total. The van der Waals surface area contributed by atoms with E-state index in [0.717, 1.165) is 31.6 Å². The summed E-state index contributed by atoms with van der Waals surface area (Å²) in [5, 5.41) is 15.8. The topological polar surface area (TPSA) is 68.5 Å². The minimum Gasteiger partial charge on any atom is -0.310 e. The van der Waals surface area contributed by atoms with Gasteiger partial charge in [0.15, 0.2) is 5.82 Å². The van der Waals surface area contributed by atoms with Crippen molar-refractivity contribution in [2.75, 3.05) is 6.54 Å². The third-order valence-electron chi connectivity index (χ3n) is 3.27. The van der Waals surface area contributed by atoms with E-state index in [1.54, 1.807) is 7.05 Å². The zero-order valence-corrected chi connectivity index (χ0v) is 12.4. The van der Waals surface area contributed by atoms with E-state index in [9.17, 15) is 0 Å². The summed E-state index contributed by atoms with van der Waals surface area (Å²) in [4.78, 5) is 5.71. The Morgan fingerprint density at radius 1 is 1.35 bits per heavy atom. The number of aryl methyl sites for hydroxylation is 2. The minimum absolute atomic E-state index is 0.206. The molecule has 0 aliphatic carbocycles. The van der Waals surface area contributed by atoms with Crippen molar-refractivity contribution in [1.29, 1.82) is 0 Å². The smallest absolute Gasteiger partial charge is 0.176 e. The van der Waals surface area contributed by atoms with Gasteiger partial charge in [-0.05, 0) is 41.8 Å². The first-order chi connectivity index (χ1) is 9.74. The fourth-order valence-electron chi connectivity index (χ4n) is 2.27. The Kier molecular flexibility index (Phi) is 5.17. The van der Waals surface area contributed by atoms with Crippen molar-refractivity contribution < 1.29 is 0 Å². The second kappa shape index (κ2) is 7.09. The summed E-state index contributed by atoms with van der Waals surface area (Å²) >= 11 is 0. The predicted octanol–water partition coefficient (Wildman–Crippen LogP) is 1.45. The summed E-state index contributed by atoms with van der Waals surface area (Å²) in [7, 11) is 1.79. The van der Waals surface area contributed by atoms with Crippen molar-refractivity contribution in [2.45, 2.75) is 39.2 Å². The highest BCUT2D eigenvalue weighted by molar-refractivity contribution is 5.27. The van der Waals surface area contributed by atoms with E-state index in [2.05, 4.69) is 45.6 Å². The molecule has 2 aromatic heterocycles. The molecule has 0 fully saturated rings. The molecule has 2 aromatic rings. The highest BCUT2D eigenvalue weighted by atomic mass is 15.6. The van der Waals surface area contributed by atoms with Crippen LogP contribution in [0, 0.1) is 0 Å². The van der Waals surface area contributed by atoms with Crippen LogP contribution in [0.4, 0.5) is 0 Å². The van der Waals surface area contributed by atoms with Crippen LogP contribution in [-0.2, 0) is 19.9 Å². The maximum absolute atomic E-state index is 4.28. The first-order valence-electron chi connectivity index (χ1n) is 7.13. The van der Waals surface area contributed by atoms with Crippen molar-refractivity contribution in [2.24, 2.45) is 7.05 Å². The summed E-state index contributed by atoms with van der Waals surface area (Å²) < 4.78 is 0. The van der Waals surface area contributed by atoms with Crippen LogP contribution in [0.5, 0.6) is 0 Å². The summed E-state index contributed by atoms with van der Waals surface area (Å²) in [6.45, 7) is 5.28. The van der Waals surface area contributed by atoms with Crippen LogP contribution in [0.2, 0.25) is 0 Å². The highest BCUT2D eigenvalue weighted by Crippen LogP contribution is 2.20. The Hall–Kier alpha value is -1.82. The second-order valence-electron chi connectivity index (χ2n) is 4.83. The number of pyridine rings is 1. The van der Waals surface area contributed by atoms with Gasteiger partial charge in [-0.3, -0.25) is 4.98 Å². The quantitative estimate of drug-likeness (QED) is 0.827. The summed E-state index contributed by atoms with van der Waals surface area (Å²) in [6, 6.07) is 2.29. The molecule has 0 radical (unpaired) electrons. The first-order valence-corrected chi connectivity index (χ1v) is 7.13. The van der Waals surface area contributed by atoms with Gasteiger partial charge in [0.25, 0.3) is 0 Å². The van der Waals surface area contributed by atoms with Gasteiger partial charge in [-0.25, -0.2) is 0 Å². The second-order valence-corrected chi connectivity index (χ2v) is 4.83. The van der Waals surface area contributed by atoms with E-state index in [1.807, 2.05) is 12.4 Å². The Bertz CT molecular complexity index is 536. The van der Waals surface area contributed by atoms with Crippen molar-refractivity contribution >= 4 is 0 Å². The average molecular weight is 274 g/mol. The van der Waals surface area contributed by atoms with Crippen LogP contribution < -0.4 is 5.32 Å². The summed E-state index contributed by atoms with van der Waals surface area (Å²) in [5.41, 5.74) is 2.55. The van der Waals surface area contributed by atoms with Crippen LogP contribution >= 0.6 is 0 Å². The van der Waals surface area contributed by atoms with E-state index in [1.165, 1.54) is 15.9 Å². The van der Waals surface area contributed by atoms with Crippen LogP contribution in [0.3, 0.4) is 0 Å². The van der Waals surface area contributed by atoms with Gasteiger partial charge >= 0.3 is 0 Å². The number of nitrogens with one attached hydrogen (secondary N) is 1. The lowest BCUT2D eigenvalue weighted by Crippen LogP contribution is -2.25. The zero-order chi connectivity index (χ0) is 14.4. The number of hydrogen-bond acceptors (Lipinski definition) is 5. The molecule has 1 unspecified atom stereocenters. The molecule has 6 heteroatoms. The van der Waals surface area contributed by atoms with Gasteiger partial charge in [0, 0.05) is 24.9 Å². The Labute approximate surface area is 119 Å². The highest BCUT2D eigenvalue weighted by Gasteiger charge is 2.17. The van der Waals surface area contributed by atoms with E-state index in [4.69, 9.17) is 0 Å². The Morgan fingerprint density at radius 3 is 2.85 bits per heavy atom. The third kappa shape index (κ3) is 3.60. The van der Waals surface area contributed by atoms with Gasteiger partial charge in [0.05, 0.1) is 7.05 Å². The molecule has 0 aliphatic rings. The van der Waals surface area contributed by atoms with Gasteiger partial charge in [-0.1, -0.05) is 13.8 Å². The molecule has 0 spiro atoms. The predicted molar refractivity (Wildman–Crippen MR) is 77.2 cm³/mol. The van der Waals surface area contributed by atoms with Crippen molar-refractivity contribution in [3.63, 3.8) is 0 Å². The lowest BCUT2D eigenvalue weighted by molar-refractivity contribution is 0.513. The number of tetrazole rings is 1. The molecule has 0 bridgehead atoms. The molecular formula is C14H22N6. The minimum atomic E-state index is 0.206. The van der Waals surface area contributed by atoms with Gasteiger partial charge in [0.2, 0.25) is 0 Å². The maximum Gasteiger partial charge on any atom is 0.176 e. The van der Waals surface area contributed by atoms with Crippen molar-refractivity contribution in [3.8, 4) is 0 Å². The molecule has 0 aromatic carbocycles. The normalized spacial score (nSPS) is 12.6.